The van der Waals surface area contributed by atoms with Crippen LogP contribution < -0.4 is 5.32 Å². The molecule has 4 heteroatoms. The molecule has 1 amide bonds. The van der Waals surface area contributed by atoms with Crippen molar-refractivity contribution in [1.29, 1.82) is 5.26 Å². The van der Waals surface area contributed by atoms with Gasteiger partial charge in [-0.1, -0.05) is 66.2 Å². The Bertz CT molecular complexity index is 1230. The third-order valence-corrected chi connectivity index (χ3v) is 4.78. The fraction of sp³-hybridized carbons (Fsp3) is 0. The Hall–Kier alpha value is -3.61. The number of nitrogens with zero attached hydrogens (tertiary/aromatic N) is 1. The largest absolute Gasteiger partial charge is 0.321 e. The average Bonchev–Trinajstić information content (AvgIpc) is 2.71. The zero-order valence-electron chi connectivity index (χ0n) is 14.8. The first kappa shape index (κ1) is 17.8. The average molecular weight is 383 g/mol. The van der Waals surface area contributed by atoms with Gasteiger partial charge in [-0.15, -0.1) is 0 Å². The maximum atomic E-state index is 12.7. The molecule has 1 N–H and O–H groups in total. The summed E-state index contributed by atoms with van der Waals surface area (Å²) in [6.07, 6.45) is 1.66. The number of hydrogen-bond donors (Lipinski definition) is 1. The van der Waals surface area contributed by atoms with Crippen LogP contribution in [0.3, 0.4) is 0 Å². The lowest BCUT2D eigenvalue weighted by atomic mass is 9.95. The van der Waals surface area contributed by atoms with Crippen molar-refractivity contribution in [1.82, 2.24) is 0 Å². The van der Waals surface area contributed by atoms with Crippen LogP contribution in [0, 0.1) is 11.3 Å². The molecule has 28 heavy (non-hydrogen) atoms. The van der Waals surface area contributed by atoms with Crippen molar-refractivity contribution in [2.24, 2.45) is 0 Å². The maximum Gasteiger partial charge on any atom is 0.266 e. The van der Waals surface area contributed by atoms with Gasteiger partial charge in [0.25, 0.3) is 5.91 Å². The van der Waals surface area contributed by atoms with Crippen molar-refractivity contribution in [3.05, 3.63) is 95.0 Å². The van der Waals surface area contributed by atoms with Gasteiger partial charge < -0.3 is 5.32 Å². The van der Waals surface area contributed by atoms with Crippen LogP contribution in [-0.4, -0.2) is 5.91 Å². The van der Waals surface area contributed by atoms with Crippen LogP contribution in [0.5, 0.6) is 0 Å². The standard InChI is InChI=1S/C24H15ClN2O/c25-19-8-5-9-20(14-19)27-24(28)18(15-26)13-23-21-10-3-1-6-16(21)12-17-7-2-4-11-22(17)23/h1-14H,(H,27,28)/b18-13+. The van der Waals surface area contributed by atoms with Crippen molar-refractivity contribution in [2.75, 3.05) is 5.32 Å². The summed E-state index contributed by atoms with van der Waals surface area (Å²) in [5.41, 5.74) is 1.43. The van der Waals surface area contributed by atoms with Gasteiger partial charge in [0.05, 0.1) is 0 Å². The molecule has 0 atom stereocenters. The van der Waals surface area contributed by atoms with Crippen LogP contribution in [0.25, 0.3) is 27.6 Å². The van der Waals surface area contributed by atoms with E-state index in [9.17, 15) is 10.1 Å². The van der Waals surface area contributed by atoms with Crippen molar-refractivity contribution < 1.29 is 4.79 Å². The van der Waals surface area contributed by atoms with Gasteiger partial charge in [-0.25, -0.2) is 0 Å². The van der Waals surface area contributed by atoms with Crippen LogP contribution in [0.1, 0.15) is 5.56 Å². The van der Waals surface area contributed by atoms with E-state index >= 15 is 0 Å². The number of carbonyl (C=O) groups excluding carboxylic acids is 1. The summed E-state index contributed by atoms with van der Waals surface area (Å²) in [7, 11) is 0. The van der Waals surface area contributed by atoms with Gasteiger partial charge in [-0.05, 0) is 57.4 Å². The first-order chi connectivity index (χ1) is 13.7. The second-order valence-corrected chi connectivity index (χ2v) is 6.80. The van der Waals surface area contributed by atoms with Crippen LogP contribution >= 0.6 is 11.6 Å². The van der Waals surface area contributed by atoms with E-state index in [0.717, 1.165) is 27.1 Å². The predicted octanol–water partition coefficient (Wildman–Crippen LogP) is 6.19. The highest BCUT2D eigenvalue weighted by molar-refractivity contribution is 6.31. The Morgan fingerprint density at radius 3 is 2.14 bits per heavy atom. The molecule has 4 rings (SSSR count). The normalized spacial score (nSPS) is 11.4. The summed E-state index contributed by atoms with van der Waals surface area (Å²) >= 11 is 5.97. The Labute approximate surface area is 167 Å². The molecule has 0 saturated heterocycles. The number of benzene rings is 4. The summed E-state index contributed by atoms with van der Waals surface area (Å²) in [5, 5.41) is 17.0. The zero-order chi connectivity index (χ0) is 19.5. The van der Waals surface area contributed by atoms with Gasteiger partial charge in [0.2, 0.25) is 0 Å². The van der Waals surface area contributed by atoms with E-state index in [1.54, 1.807) is 30.3 Å². The van der Waals surface area contributed by atoms with Crippen LogP contribution in [0.15, 0.2) is 84.4 Å². The second kappa shape index (κ2) is 7.56. The lowest BCUT2D eigenvalue weighted by Gasteiger charge is -2.09. The van der Waals surface area contributed by atoms with Gasteiger partial charge in [0.15, 0.2) is 0 Å². The summed E-state index contributed by atoms with van der Waals surface area (Å²) in [6.45, 7) is 0. The summed E-state index contributed by atoms with van der Waals surface area (Å²) in [6, 6.07) is 26.9. The van der Waals surface area contributed by atoms with E-state index in [4.69, 9.17) is 11.6 Å². The molecule has 0 heterocycles. The number of halogens is 1. The van der Waals surface area contributed by atoms with Gasteiger partial charge in [0.1, 0.15) is 11.6 Å². The lowest BCUT2D eigenvalue weighted by molar-refractivity contribution is -0.112. The quantitative estimate of drug-likeness (QED) is 0.261. The molecule has 134 valence electrons. The number of nitriles is 1. The van der Waals surface area contributed by atoms with Crippen LogP contribution in [0.4, 0.5) is 5.69 Å². The number of rotatable bonds is 3. The summed E-state index contributed by atoms with van der Waals surface area (Å²) in [5.74, 6) is -0.471. The van der Waals surface area contributed by atoms with Crippen molar-refractivity contribution >= 4 is 50.8 Å². The lowest BCUT2D eigenvalue weighted by Crippen LogP contribution is -2.13. The minimum absolute atomic E-state index is 0.0291. The Morgan fingerprint density at radius 1 is 0.893 bits per heavy atom. The number of carbonyl (C=O) groups is 1. The van der Waals surface area contributed by atoms with Gasteiger partial charge >= 0.3 is 0 Å². The minimum Gasteiger partial charge on any atom is -0.321 e. The molecule has 3 nitrogen and oxygen atoms in total. The molecule has 0 aliphatic heterocycles. The molecule has 0 radical (unpaired) electrons. The Morgan fingerprint density at radius 2 is 1.54 bits per heavy atom. The molecule has 4 aromatic rings. The van der Waals surface area contributed by atoms with Gasteiger partial charge in [-0.2, -0.15) is 5.26 Å². The van der Waals surface area contributed by atoms with E-state index in [1.807, 2.05) is 54.6 Å². The van der Waals surface area contributed by atoms with Crippen LogP contribution in [0.2, 0.25) is 5.02 Å². The molecular weight excluding hydrogens is 368 g/mol. The van der Waals surface area contributed by atoms with Crippen LogP contribution in [-0.2, 0) is 4.79 Å². The minimum atomic E-state index is -0.471. The highest BCUT2D eigenvalue weighted by atomic mass is 35.5. The summed E-state index contributed by atoms with van der Waals surface area (Å²) in [4.78, 5) is 12.7. The van der Waals surface area contributed by atoms with Crippen molar-refractivity contribution in [3.8, 4) is 6.07 Å². The molecule has 0 saturated carbocycles. The van der Waals surface area contributed by atoms with E-state index in [1.165, 1.54) is 0 Å². The van der Waals surface area contributed by atoms with E-state index in [0.29, 0.717) is 10.7 Å². The highest BCUT2D eigenvalue weighted by Gasteiger charge is 2.13. The number of anilines is 1. The molecule has 4 aromatic carbocycles. The fourth-order valence-corrected chi connectivity index (χ4v) is 3.45. The monoisotopic (exact) mass is 382 g/mol. The van der Waals surface area contributed by atoms with Gasteiger partial charge in [-0.3, -0.25) is 4.79 Å². The third-order valence-electron chi connectivity index (χ3n) is 4.55. The van der Waals surface area contributed by atoms with E-state index < -0.39 is 5.91 Å². The number of hydrogen-bond acceptors (Lipinski definition) is 2. The van der Waals surface area contributed by atoms with E-state index in [-0.39, 0.29) is 5.57 Å². The Balaban J connectivity index is 1.84. The molecule has 0 bridgehead atoms. The molecule has 0 spiro atoms. The molecule has 0 unspecified atom stereocenters. The number of nitrogens with one attached hydrogen (secondary N) is 1. The van der Waals surface area contributed by atoms with Crippen molar-refractivity contribution in [2.45, 2.75) is 0 Å². The Kier molecular flexibility index (Phi) is 4.80. The molecule has 0 aromatic heterocycles. The number of fused-ring (bicyclic) bond motifs is 2. The molecule has 0 aliphatic carbocycles. The summed E-state index contributed by atoms with van der Waals surface area (Å²) < 4.78 is 0. The number of amides is 1. The highest BCUT2D eigenvalue weighted by Crippen LogP contribution is 2.30. The van der Waals surface area contributed by atoms with Gasteiger partial charge in [0, 0.05) is 10.7 Å². The SMILES string of the molecule is N#C/C(=C\c1c2ccccc2cc2ccccc12)C(=O)Nc1cccc(Cl)c1. The topological polar surface area (TPSA) is 52.9 Å². The zero-order valence-corrected chi connectivity index (χ0v) is 15.6. The smallest absolute Gasteiger partial charge is 0.266 e. The molecular formula is C24H15ClN2O. The fourth-order valence-electron chi connectivity index (χ4n) is 3.26. The first-order valence-electron chi connectivity index (χ1n) is 8.75. The predicted molar refractivity (Wildman–Crippen MR) is 115 cm³/mol. The maximum absolute atomic E-state index is 12.7. The molecule has 0 aliphatic rings. The third kappa shape index (κ3) is 3.46. The van der Waals surface area contributed by atoms with Crippen molar-refractivity contribution in [3.63, 3.8) is 0 Å². The molecule has 0 fully saturated rings. The first-order valence-corrected chi connectivity index (χ1v) is 9.13. The second-order valence-electron chi connectivity index (χ2n) is 6.37. The van der Waals surface area contributed by atoms with E-state index in [2.05, 4.69) is 11.4 Å².